The fourth-order valence-electron chi connectivity index (χ4n) is 1.96. The third-order valence-electron chi connectivity index (χ3n) is 3.08. The number of benzene rings is 1. The number of hydrogen-bond donors (Lipinski definition) is 1. The molecular formula is C12H15FN2O3S. The first-order valence-electron chi connectivity index (χ1n) is 5.87. The summed E-state index contributed by atoms with van der Waals surface area (Å²) in [6.07, 6.45) is 0.436. The van der Waals surface area contributed by atoms with Crippen molar-refractivity contribution in [1.82, 2.24) is 5.32 Å². The zero-order valence-electron chi connectivity index (χ0n) is 10.5. The second-order valence-electron chi connectivity index (χ2n) is 4.58. The van der Waals surface area contributed by atoms with Gasteiger partial charge in [-0.05, 0) is 30.7 Å². The van der Waals surface area contributed by atoms with E-state index in [1.165, 1.54) is 29.2 Å². The Hall–Kier alpha value is -1.63. The molecular weight excluding hydrogens is 271 g/mol. The number of anilines is 1. The van der Waals surface area contributed by atoms with Crippen molar-refractivity contribution in [1.29, 1.82) is 0 Å². The normalized spacial score (nSPS) is 21.1. The van der Waals surface area contributed by atoms with Gasteiger partial charge in [-0.1, -0.05) is 0 Å². The molecule has 7 heteroatoms. The maximum absolute atomic E-state index is 12.8. The SMILES string of the molecule is CN(C(=O)N[C@H]1CCS(=O)(=O)C1)c1ccc(F)cc1. The van der Waals surface area contributed by atoms with Crippen molar-refractivity contribution in [3.8, 4) is 0 Å². The van der Waals surface area contributed by atoms with Crippen molar-refractivity contribution >= 4 is 21.6 Å². The fraction of sp³-hybridized carbons (Fsp3) is 0.417. The summed E-state index contributed by atoms with van der Waals surface area (Å²) in [6.45, 7) is 0. The highest BCUT2D eigenvalue weighted by Crippen LogP contribution is 2.15. The lowest BCUT2D eigenvalue weighted by Gasteiger charge is -2.20. The lowest BCUT2D eigenvalue weighted by molar-refractivity contribution is 0.244. The van der Waals surface area contributed by atoms with Gasteiger partial charge in [0.1, 0.15) is 5.82 Å². The Morgan fingerprint density at radius 1 is 1.37 bits per heavy atom. The zero-order chi connectivity index (χ0) is 14.0. The van der Waals surface area contributed by atoms with Gasteiger partial charge < -0.3 is 5.32 Å². The van der Waals surface area contributed by atoms with Gasteiger partial charge in [0.2, 0.25) is 0 Å². The van der Waals surface area contributed by atoms with Crippen LogP contribution in [0.2, 0.25) is 0 Å². The van der Waals surface area contributed by atoms with E-state index in [9.17, 15) is 17.6 Å². The minimum Gasteiger partial charge on any atom is -0.334 e. The van der Waals surface area contributed by atoms with E-state index in [2.05, 4.69) is 5.32 Å². The Labute approximate surface area is 111 Å². The van der Waals surface area contributed by atoms with Gasteiger partial charge >= 0.3 is 6.03 Å². The molecule has 1 aromatic rings. The second-order valence-corrected chi connectivity index (χ2v) is 6.81. The lowest BCUT2D eigenvalue weighted by atomic mass is 10.2. The highest BCUT2D eigenvalue weighted by atomic mass is 32.2. The van der Waals surface area contributed by atoms with Gasteiger partial charge in [0.25, 0.3) is 0 Å². The number of hydrogen-bond acceptors (Lipinski definition) is 3. The number of nitrogens with one attached hydrogen (secondary N) is 1. The summed E-state index contributed by atoms with van der Waals surface area (Å²) in [4.78, 5) is 13.2. The number of sulfone groups is 1. The standard InChI is InChI=1S/C12H15FN2O3S/c1-15(11-4-2-9(13)3-5-11)12(16)14-10-6-7-19(17,18)8-10/h2-5,10H,6-8H2,1H3,(H,14,16)/t10-/m0/s1. The number of halogens is 1. The Bertz CT molecular complexity index is 571. The molecule has 1 saturated heterocycles. The monoisotopic (exact) mass is 286 g/mol. The van der Waals surface area contributed by atoms with Crippen molar-refractivity contribution in [2.24, 2.45) is 0 Å². The van der Waals surface area contributed by atoms with E-state index in [1.807, 2.05) is 0 Å². The molecule has 19 heavy (non-hydrogen) atoms. The summed E-state index contributed by atoms with van der Waals surface area (Å²) in [5.74, 6) is -0.284. The number of carbonyl (C=O) groups is 1. The third kappa shape index (κ3) is 3.44. The second kappa shape index (κ2) is 5.16. The highest BCUT2D eigenvalue weighted by Gasteiger charge is 2.29. The predicted molar refractivity (Wildman–Crippen MR) is 70.4 cm³/mol. The van der Waals surface area contributed by atoms with Gasteiger partial charge in [-0.25, -0.2) is 17.6 Å². The molecule has 1 N–H and O–H groups in total. The molecule has 104 valence electrons. The molecule has 2 amide bonds. The van der Waals surface area contributed by atoms with Gasteiger partial charge in [-0.15, -0.1) is 0 Å². The summed E-state index contributed by atoms with van der Waals surface area (Å²) >= 11 is 0. The van der Waals surface area contributed by atoms with E-state index >= 15 is 0 Å². The van der Waals surface area contributed by atoms with E-state index in [-0.39, 0.29) is 23.4 Å². The molecule has 0 spiro atoms. The Balaban J connectivity index is 1.98. The molecule has 0 radical (unpaired) electrons. The molecule has 1 aromatic carbocycles. The van der Waals surface area contributed by atoms with Crippen LogP contribution >= 0.6 is 0 Å². The first-order chi connectivity index (χ1) is 8.87. The van der Waals surface area contributed by atoms with Gasteiger partial charge in [-0.2, -0.15) is 0 Å². The quantitative estimate of drug-likeness (QED) is 0.887. The van der Waals surface area contributed by atoms with Crippen molar-refractivity contribution in [2.75, 3.05) is 23.5 Å². The summed E-state index contributed by atoms with van der Waals surface area (Å²) in [6, 6.07) is 4.76. The molecule has 1 heterocycles. The van der Waals surface area contributed by atoms with Crippen LogP contribution in [0.15, 0.2) is 24.3 Å². The van der Waals surface area contributed by atoms with Crippen LogP contribution in [-0.2, 0) is 9.84 Å². The van der Waals surface area contributed by atoms with Gasteiger partial charge in [0, 0.05) is 18.8 Å². The Morgan fingerprint density at radius 3 is 2.53 bits per heavy atom. The number of carbonyl (C=O) groups excluding carboxylic acids is 1. The lowest BCUT2D eigenvalue weighted by Crippen LogP contribution is -2.43. The maximum atomic E-state index is 12.8. The third-order valence-corrected chi connectivity index (χ3v) is 4.85. The molecule has 1 aliphatic heterocycles. The molecule has 5 nitrogen and oxygen atoms in total. The smallest absolute Gasteiger partial charge is 0.321 e. The molecule has 2 rings (SSSR count). The maximum Gasteiger partial charge on any atom is 0.321 e. The molecule has 0 bridgehead atoms. The average Bonchev–Trinajstić information content (AvgIpc) is 2.68. The highest BCUT2D eigenvalue weighted by molar-refractivity contribution is 7.91. The molecule has 0 aromatic heterocycles. The summed E-state index contributed by atoms with van der Waals surface area (Å²) in [5, 5.41) is 2.66. The van der Waals surface area contributed by atoms with E-state index in [1.54, 1.807) is 7.05 Å². The van der Waals surface area contributed by atoms with Crippen LogP contribution in [0.25, 0.3) is 0 Å². The molecule has 1 aliphatic rings. The van der Waals surface area contributed by atoms with E-state index in [4.69, 9.17) is 0 Å². The first-order valence-corrected chi connectivity index (χ1v) is 7.70. The van der Waals surface area contributed by atoms with Gasteiger partial charge in [-0.3, -0.25) is 4.90 Å². The summed E-state index contributed by atoms with van der Waals surface area (Å²) in [7, 11) is -1.47. The summed E-state index contributed by atoms with van der Waals surface area (Å²) in [5.41, 5.74) is 0.541. The van der Waals surface area contributed by atoms with Crippen molar-refractivity contribution in [3.05, 3.63) is 30.1 Å². The molecule has 1 fully saturated rings. The van der Waals surface area contributed by atoms with E-state index in [0.29, 0.717) is 12.1 Å². The average molecular weight is 286 g/mol. The number of rotatable bonds is 2. The van der Waals surface area contributed by atoms with Crippen molar-refractivity contribution in [3.63, 3.8) is 0 Å². The Morgan fingerprint density at radius 2 is 2.00 bits per heavy atom. The van der Waals surface area contributed by atoms with Crippen molar-refractivity contribution in [2.45, 2.75) is 12.5 Å². The Kier molecular flexibility index (Phi) is 3.75. The molecule has 1 atom stereocenters. The van der Waals surface area contributed by atoms with Crippen LogP contribution < -0.4 is 10.2 Å². The van der Waals surface area contributed by atoms with Crippen molar-refractivity contribution < 1.29 is 17.6 Å². The van der Waals surface area contributed by atoms with E-state index in [0.717, 1.165) is 0 Å². The fourth-order valence-corrected chi connectivity index (χ4v) is 3.64. The minimum atomic E-state index is -3.02. The number of amides is 2. The molecule has 0 aliphatic carbocycles. The predicted octanol–water partition coefficient (Wildman–Crippen LogP) is 1.16. The van der Waals surface area contributed by atoms with Crippen LogP contribution in [0.4, 0.5) is 14.9 Å². The minimum absolute atomic E-state index is 0.0179. The first kappa shape index (κ1) is 13.8. The van der Waals surface area contributed by atoms with Crippen LogP contribution in [-0.4, -0.2) is 39.0 Å². The van der Waals surface area contributed by atoms with Crippen LogP contribution in [0.3, 0.4) is 0 Å². The van der Waals surface area contributed by atoms with Gasteiger partial charge in [0.15, 0.2) is 9.84 Å². The zero-order valence-corrected chi connectivity index (χ0v) is 11.3. The van der Waals surface area contributed by atoms with Gasteiger partial charge in [0.05, 0.1) is 11.5 Å². The molecule has 0 unspecified atom stereocenters. The summed E-state index contributed by atoms with van der Waals surface area (Å²) < 4.78 is 35.4. The van der Waals surface area contributed by atoms with Crippen LogP contribution in [0.5, 0.6) is 0 Å². The number of nitrogens with zero attached hydrogens (tertiary/aromatic N) is 1. The van der Waals surface area contributed by atoms with Crippen LogP contribution in [0.1, 0.15) is 6.42 Å². The van der Waals surface area contributed by atoms with E-state index < -0.39 is 15.9 Å². The van der Waals surface area contributed by atoms with Crippen LogP contribution in [0, 0.1) is 5.82 Å². The largest absolute Gasteiger partial charge is 0.334 e. The molecule has 0 saturated carbocycles. The topological polar surface area (TPSA) is 66.5 Å². The number of urea groups is 1.